The first-order valence-electron chi connectivity index (χ1n) is 6.72. The number of halogens is 1. The molecular weight excluding hydrogens is 306 g/mol. The summed E-state index contributed by atoms with van der Waals surface area (Å²) in [6.07, 6.45) is 5.43. The molecule has 5 heteroatoms. The van der Waals surface area contributed by atoms with Gasteiger partial charge in [0.1, 0.15) is 0 Å². The lowest BCUT2D eigenvalue weighted by Gasteiger charge is -2.36. The van der Waals surface area contributed by atoms with E-state index >= 15 is 0 Å². The van der Waals surface area contributed by atoms with E-state index in [2.05, 4.69) is 32.7 Å². The summed E-state index contributed by atoms with van der Waals surface area (Å²) < 4.78 is 0.840. The molecule has 0 aliphatic carbocycles. The number of carbonyl (C=O) groups is 1. The quantitative estimate of drug-likeness (QED) is 0.856. The summed E-state index contributed by atoms with van der Waals surface area (Å²) in [5, 5.41) is 0. The number of hydrogen-bond acceptors (Lipinski definition) is 3. The summed E-state index contributed by atoms with van der Waals surface area (Å²) in [5.74, 6) is 0.0590. The lowest BCUT2D eigenvalue weighted by atomic mass is 10.0. The minimum atomic E-state index is 0.0590. The Hall–Kier alpha value is -0.940. The minimum absolute atomic E-state index is 0.0590. The molecule has 0 unspecified atom stereocenters. The highest BCUT2D eigenvalue weighted by Gasteiger charge is 2.25. The number of aromatic nitrogens is 1. The number of pyridine rings is 1. The maximum atomic E-state index is 12.4. The molecule has 2 rings (SSSR count). The predicted molar refractivity (Wildman–Crippen MR) is 79.2 cm³/mol. The maximum Gasteiger partial charge on any atom is 0.255 e. The highest BCUT2D eigenvalue weighted by Crippen LogP contribution is 2.18. The molecule has 1 aliphatic rings. The van der Waals surface area contributed by atoms with Crippen molar-refractivity contribution >= 4 is 21.8 Å². The Morgan fingerprint density at radius 1 is 1.47 bits per heavy atom. The number of nitrogens with zero attached hydrogens (tertiary/aromatic N) is 3. The zero-order chi connectivity index (χ0) is 13.8. The second-order valence-corrected chi connectivity index (χ2v) is 5.89. The summed E-state index contributed by atoms with van der Waals surface area (Å²) in [4.78, 5) is 20.8. The highest BCUT2D eigenvalue weighted by molar-refractivity contribution is 9.10. The zero-order valence-corrected chi connectivity index (χ0v) is 13.1. The largest absolute Gasteiger partial charge is 0.339 e. The van der Waals surface area contributed by atoms with Crippen LogP contribution in [-0.4, -0.2) is 53.4 Å². The summed E-state index contributed by atoms with van der Waals surface area (Å²) >= 11 is 3.35. The Kier molecular flexibility index (Phi) is 4.93. The molecule has 104 valence electrons. The second kappa shape index (κ2) is 6.48. The molecule has 4 nitrogen and oxygen atoms in total. The number of rotatable bonds is 3. The number of amides is 1. The van der Waals surface area contributed by atoms with Crippen molar-refractivity contribution in [1.82, 2.24) is 14.8 Å². The van der Waals surface area contributed by atoms with Crippen molar-refractivity contribution in [3.8, 4) is 0 Å². The van der Waals surface area contributed by atoms with E-state index in [1.165, 1.54) is 0 Å². The Labute approximate surface area is 122 Å². The van der Waals surface area contributed by atoms with Crippen LogP contribution in [0.15, 0.2) is 22.9 Å². The van der Waals surface area contributed by atoms with E-state index in [1.807, 2.05) is 18.0 Å². The molecule has 1 aromatic rings. The van der Waals surface area contributed by atoms with Crippen LogP contribution in [0.25, 0.3) is 0 Å². The smallest absolute Gasteiger partial charge is 0.255 e. The van der Waals surface area contributed by atoms with E-state index in [1.54, 1.807) is 12.4 Å². The van der Waals surface area contributed by atoms with Crippen LogP contribution in [0.4, 0.5) is 0 Å². The molecule has 0 N–H and O–H groups in total. The lowest BCUT2D eigenvalue weighted by molar-refractivity contribution is 0.0646. The molecule has 1 fully saturated rings. The molecule has 1 aromatic heterocycles. The van der Waals surface area contributed by atoms with Gasteiger partial charge >= 0.3 is 0 Å². The summed E-state index contributed by atoms with van der Waals surface area (Å²) in [6.45, 7) is 5.44. The van der Waals surface area contributed by atoms with E-state index in [4.69, 9.17) is 0 Å². The van der Waals surface area contributed by atoms with Gasteiger partial charge in [-0.2, -0.15) is 0 Å². The van der Waals surface area contributed by atoms with Gasteiger partial charge in [-0.1, -0.05) is 6.92 Å². The van der Waals surface area contributed by atoms with E-state index < -0.39 is 0 Å². The van der Waals surface area contributed by atoms with Gasteiger partial charge in [-0.15, -0.1) is 0 Å². The molecule has 0 atom stereocenters. The van der Waals surface area contributed by atoms with Crippen LogP contribution in [-0.2, 0) is 0 Å². The van der Waals surface area contributed by atoms with E-state index in [9.17, 15) is 4.79 Å². The molecule has 0 radical (unpaired) electrons. The third-order valence-corrected chi connectivity index (χ3v) is 4.26. The summed E-state index contributed by atoms with van der Waals surface area (Å²) in [7, 11) is 1.90. The van der Waals surface area contributed by atoms with Gasteiger partial charge in [0.2, 0.25) is 0 Å². The lowest BCUT2D eigenvalue weighted by Crippen LogP contribution is -2.45. The summed E-state index contributed by atoms with van der Waals surface area (Å²) in [6, 6.07) is 2.17. The van der Waals surface area contributed by atoms with Crippen LogP contribution in [0.1, 0.15) is 30.1 Å². The zero-order valence-electron chi connectivity index (χ0n) is 11.5. The van der Waals surface area contributed by atoms with Crippen molar-refractivity contribution < 1.29 is 4.79 Å². The van der Waals surface area contributed by atoms with Crippen LogP contribution in [0.2, 0.25) is 0 Å². The second-order valence-electron chi connectivity index (χ2n) is 4.97. The number of carbonyl (C=O) groups excluding carboxylic acids is 1. The minimum Gasteiger partial charge on any atom is -0.339 e. The van der Waals surface area contributed by atoms with Crippen molar-refractivity contribution in [1.29, 1.82) is 0 Å². The molecule has 1 amide bonds. The molecule has 0 saturated carbocycles. The van der Waals surface area contributed by atoms with Crippen LogP contribution in [0, 0.1) is 0 Å². The van der Waals surface area contributed by atoms with Crippen molar-refractivity contribution in [2.45, 2.75) is 25.8 Å². The van der Waals surface area contributed by atoms with E-state index in [0.717, 1.165) is 36.9 Å². The third kappa shape index (κ3) is 3.54. The number of likely N-dealkylation sites (tertiary alicyclic amines) is 1. The van der Waals surface area contributed by atoms with Crippen LogP contribution in [0.5, 0.6) is 0 Å². The SMILES string of the molecule is CCN1CCC(N(C)C(=O)c2cncc(Br)c2)CC1. The molecule has 1 saturated heterocycles. The van der Waals surface area contributed by atoms with Gasteiger partial charge in [-0.3, -0.25) is 9.78 Å². The average molecular weight is 326 g/mol. The van der Waals surface area contributed by atoms with E-state index in [0.29, 0.717) is 11.6 Å². The van der Waals surface area contributed by atoms with Crippen molar-refractivity contribution in [2.24, 2.45) is 0 Å². The predicted octanol–water partition coefficient (Wildman–Crippen LogP) is 2.40. The fourth-order valence-corrected chi connectivity index (χ4v) is 2.89. The Morgan fingerprint density at radius 2 is 2.16 bits per heavy atom. The Balaban J connectivity index is 2.00. The topological polar surface area (TPSA) is 36.4 Å². The third-order valence-electron chi connectivity index (χ3n) is 3.82. The van der Waals surface area contributed by atoms with Gasteiger partial charge in [0, 0.05) is 43.0 Å². The van der Waals surface area contributed by atoms with Crippen LogP contribution in [0.3, 0.4) is 0 Å². The number of piperidine rings is 1. The fourth-order valence-electron chi connectivity index (χ4n) is 2.52. The molecule has 0 aromatic carbocycles. The average Bonchev–Trinajstić information content (AvgIpc) is 2.46. The first-order valence-corrected chi connectivity index (χ1v) is 7.51. The van der Waals surface area contributed by atoms with Crippen molar-refractivity contribution in [3.63, 3.8) is 0 Å². The molecular formula is C14H20BrN3O. The van der Waals surface area contributed by atoms with Crippen LogP contribution >= 0.6 is 15.9 Å². The van der Waals surface area contributed by atoms with Gasteiger partial charge in [0.05, 0.1) is 5.56 Å². The standard InChI is InChI=1S/C14H20BrN3O/c1-3-18-6-4-13(5-7-18)17(2)14(19)11-8-12(15)10-16-9-11/h8-10,13H,3-7H2,1-2H3. The molecule has 0 bridgehead atoms. The Bertz CT molecular complexity index is 444. The summed E-state index contributed by atoms with van der Waals surface area (Å²) in [5.41, 5.74) is 0.648. The Morgan fingerprint density at radius 3 is 2.74 bits per heavy atom. The first-order chi connectivity index (χ1) is 9.11. The van der Waals surface area contributed by atoms with Crippen molar-refractivity contribution in [2.75, 3.05) is 26.7 Å². The fraction of sp³-hybridized carbons (Fsp3) is 0.571. The van der Waals surface area contributed by atoms with Gasteiger partial charge in [0.25, 0.3) is 5.91 Å². The van der Waals surface area contributed by atoms with Gasteiger partial charge in [-0.05, 0) is 41.4 Å². The monoisotopic (exact) mass is 325 g/mol. The van der Waals surface area contributed by atoms with Gasteiger partial charge in [-0.25, -0.2) is 0 Å². The van der Waals surface area contributed by atoms with Gasteiger partial charge < -0.3 is 9.80 Å². The maximum absolute atomic E-state index is 12.4. The first kappa shape index (κ1) is 14.5. The van der Waals surface area contributed by atoms with Crippen molar-refractivity contribution in [3.05, 3.63) is 28.5 Å². The molecule has 2 heterocycles. The highest BCUT2D eigenvalue weighted by atomic mass is 79.9. The number of hydrogen-bond donors (Lipinski definition) is 0. The molecule has 19 heavy (non-hydrogen) atoms. The molecule has 0 spiro atoms. The normalized spacial score (nSPS) is 17.4. The molecule has 1 aliphatic heterocycles. The van der Waals surface area contributed by atoms with Gasteiger partial charge in [0.15, 0.2) is 0 Å². The van der Waals surface area contributed by atoms with E-state index in [-0.39, 0.29) is 5.91 Å². The van der Waals surface area contributed by atoms with Crippen LogP contribution < -0.4 is 0 Å².